The summed E-state index contributed by atoms with van der Waals surface area (Å²) in [5, 5.41) is 15.8. The van der Waals surface area contributed by atoms with Crippen molar-refractivity contribution < 1.29 is 23.1 Å². The number of thiophene rings is 1. The van der Waals surface area contributed by atoms with E-state index in [1.807, 2.05) is 0 Å². The summed E-state index contributed by atoms with van der Waals surface area (Å²) in [6.07, 6.45) is 1.25. The Hall–Kier alpha value is -4.97. The second kappa shape index (κ2) is 9.10. The lowest BCUT2D eigenvalue weighted by Crippen LogP contribution is -2.17. The maximum atomic E-state index is 14.8. The summed E-state index contributed by atoms with van der Waals surface area (Å²) >= 11 is 1.03. The SMILES string of the molecule is CC(c1oc2cccc(F)c2c(=O)c1-c1cccc(F)c1)n1nc(-c2csc(C(=O)O)c2)c2c(N)ncnc21. The van der Waals surface area contributed by atoms with Gasteiger partial charge in [-0.2, -0.15) is 5.10 Å². The Bertz CT molecular complexity index is 2000. The molecule has 6 aromatic rings. The highest BCUT2D eigenvalue weighted by atomic mass is 32.1. The highest BCUT2D eigenvalue weighted by molar-refractivity contribution is 7.12. The normalized spacial score (nSPS) is 12.3. The lowest BCUT2D eigenvalue weighted by molar-refractivity contribution is 0.0702. The zero-order chi connectivity index (χ0) is 27.4. The second-order valence-electron chi connectivity index (χ2n) is 8.73. The van der Waals surface area contributed by atoms with E-state index in [2.05, 4.69) is 15.1 Å². The van der Waals surface area contributed by atoms with Crippen molar-refractivity contribution >= 4 is 45.1 Å². The van der Waals surface area contributed by atoms with E-state index in [0.717, 1.165) is 17.4 Å². The minimum absolute atomic E-state index is 0.0109. The molecule has 3 N–H and O–H groups in total. The maximum Gasteiger partial charge on any atom is 0.345 e. The van der Waals surface area contributed by atoms with Crippen molar-refractivity contribution in [1.82, 2.24) is 19.7 Å². The Balaban J connectivity index is 1.64. The molecule has 0 saturated carbocycles. The number of aromatic carboxylic acids is 1. The number of aromatic nitrogens is 4. The molecule has 194 valence electrons. The lowest BCUT2D eigenvalue weighted by Gasteiger charge is -2.17. The Morgan fingerprint density at radius 1 is 1.10 bits per heavy atom. The average molecular weight is 546 g/mol. The number of rotatable bonds is 5. The van der Waals surface area contributed by atoms with Crippen LogP contribution in [0.1, 0.15) is 28.4 Å². The van der Waals surface area contributed by atoms with Gasteiger partial charge in [-0.1, -0.05) is 18.2 Å². The van der Waals surface area contributed by atoms with E-state index in [9.17, 15) is 23.5 Å². The molecule has 6 rings (SSSR count). The van der Waals surface area contributed by atoms with E-state index in [-0.39, 0.29) is 38.6 Å². The van der Waals surface area contributed by atoms with Crippen LogP contribution in [0.4, 0.5) is 14.6 Å². The molecule has 0 radical (unpaired) electrons. The van der Waals surface area contributed by atoms with Gasteiger partial charge in [0.15, 0.2) is 5.65 Å². The predicted octanol–water partition coefficient (Wildman–Crippen LogP) is 5.50. The number of halogens is 2. The van der Waals surface area contributed by atoms with Crippen molar-refractivity contribution in [2.45, 2.75) is 13.0 Å². The molecule has 39 heavy (non-hydrogen) atoms. The molecule has 0 bridgehead atoms. The van der Waals surface area contributed by atoms with E-state index in [1.165, 1.54) is 53.5 Å². The molecule has 0 spiro atoms. The molecular weight excluding hydrogens is 528 g/mol. The van der Waals surface area contributed by atoms with Gasteiger partial charge >= 0.3 is 5.97 Å². The maximum absolute atomic E-state index is 14.8. The third kappa shape index (κ3) is 3.92. The largest absolute Gasteiger partial charge is 0.477 e. The fourth-order valence-electron chi connectivity index (χ4n) is 4.58. The van der Waals surface area contributed by atoms with Crippen LogP contribution in [-0.2, 0) is 0 Å². The number of nitrogens with zero attached hydrogens (tertiary/aromatic N) is 4. The van der Waals surface area contributed by atoms with E-state index < -0.39 is 29.1 Å². The van der Waals surface area contributed by atoms with E-state index in [0.29, 0.717) is 22.3 Å². The molecule has 0 fully saturated rings. The lowest BCUT2D eigenvalue weighted by atomic mass is 9.99. The molecule has 12 heteroatoms. The van der Waals surface area contributed by atoms with E-state index in [4.69, 9.17) is 10.2 Å². The van der Waals surface area contributed by atoms with Crippen LogP contribution in [0.15, 0.2) is 69.5 Å². The zero-order valence-electron chi connectivity index (χ0n) is 20.1. The zero-order valence-corrected chi connectivity index (χ0v) is 20.9. The Morgan fingerprint density at radius 3 is 2.64 bits per heavy atom. The van der Waals surface area contributed by atoms with Crippen LogP contribution < -0.4 is 11.2 Å². The molecule has 1 atom stereocenters. The smallest absolute Gasteiger partial charge is 0.345 e. The van der Waals surface area contributed by atoms with Gasteiger partial charge in [0, 0.05) is 10.9 Å². The topological polar surface area (TPSA) is 137 Å². The van der Waals surface area contributed by atoms with Crippen LogP contribution in [0.3, 0.4) is 0 Å². The summed E-state index contributed by atoms with van der Waals surface area (Å²) < 4.78 is 36.6. The second-order valence-corrected chi connectivity index (χ2v) is 9.64. The van der Waals surface area contributed by atoms with Crippen molar-refractivity contribution in [3.8, 4) is 22.4 Å². The van der Waals surface area contributed by atoms with Gasteiger partial charge in [-0.3, -0.25) is 4.79 Å². The van der Waals surface area contributed by atoms with Gasteiger partial charge in [0.1, 0.15) is 57.1 Å². The predicted molar refractivity (Wildman–Crippen MR) is 142 cm³/mol. The van der Waals surface area contributed by atoms with Crippen LogP contribution in [0.25, 0.3) is 44.4 Å². The quantitative estimate of drug-likeness (QED) is 0.290. The first kappa shape index (κ1) is 24.4. The van der Waals surface area contributed by atoms with Crippen LogP contribution in [0.2, 0.25) is 0 Å². The molecule has 1 unspecified atom stereocenters. The summed E-state index contributed by atoms with van der Waals surface area (Å²) in [5.74, 6) is -2.23. The Kier molecular flexibility index (Phi) is 5.69. The van der Waals surface area contributed by atoms with Crippen LogP contribution >= 0.6 is 11.3 Å². The molecule has 4 aromatic heterocycles. The monoisotopic (exact) mass is 545 g/mol. The van der Waals surface area contributed by atoms with E-state index in [1.54, 1.807) is 12.3 Å². The fraction of sp³-hybridized carbons (Fsp3) is 0.0741. The first-order valence-electron chi connectivity index (χ1n) is 11.6. The first-order valence-corrected chi connectivity index (χ1v) is 12.4. The summed E-state index contributed by atoms with van der Waals surface area (Å²) in [7, 11) is 0. The van der Waals surface area contributed by atoms with Crippen LogP contribution in [-0.4, -0.2) is 30.8 Å². The van der Waals surface area contributed by atoms with E-state index >= 15 is 0 Å². The minimum atomic E-state index is -1.09. The van der Waals surface area contributed by atoms with Gasteiger partial charge in [-0.25, -0.2) is 28.2 Å². The summed E-state index contributed by atoms with van der Waals surface area (Å²) in [4.78, 5) is 33.7. The number of nitrogens with two attached hydrogens (primary N) is 1. The highest BCUT2D eigenvalue weighted by Gasteiger charge is 2.28. The number of nitrogen functional groups attached to an aromatic ring is 1. The van der Waals surface area contributed by atoms with Gasteiger partial charge in [0.05, 0.1) is 10.9 Å². The van der Waals surface area contributed by atoms with Crippen molar-refractivity contribution in [1.29, 1.82) is 0 Å². The number of hydrogen-bond donors (Lipinski definition) is 2. The fourth-order valence-corrected chi connectivity index (χ4v) is 5.31. The van der Waals surface area contributed by atoms with Crippen molar-refractivity contribution in [2.24, 2.45) is 0 Å². The van der Waals surface area contributed by atoms with Crippen LogP contribution in [0.5, 0.6) is 0 Å². The molecule has 0 saturated heterocycles. The molecule has 0 aliphatic rings. The van der Waals surface area contributed by atoms with Crippen LogP contribution in [0, 0.1) is 11.6 Å². The van der Waals surface area contributed by atoms with Gasteiger partial charge in [0.25, 0.3) is 0 Å². The Labute approximate surface area is 221 Å². The number of hydrogen-bond acceptors (Lipinski definition) is 8. The molecule has 0 amide bonds. The molecular formula is C27H17F2N5O4S. The molecule has 0 aliphatic heterocycles. The standard InChI is InChI=1S/C27H17F2N5O4S/c1-12(34-26-21(25(30)31-11-32-26)22(33-34)14-9-18(27(36)37)39-10-14)24-19(13-4-2-5-15(28)8-13)23(35)20-16(29)6-3-7-17(20)38-24/h2-12H,1H3,(H,36,37)(H2,30,31,32). The van der Waals surface area contributed by atoms with Gasteiger partial charge < -0.3 is 15.3 Å². The summed E-state index contributed by atoms with van der Waals surface area (Å²) in [5.41, 5.74) is 6.81. The number of fused-ring (bicyclic) bond motifs is 2. The number of carboxylic acid groups (broad SMARTS) is 1. The van der Waals surface area contributed by atoms with Gasteiger partial charge in [-0.05, 0) is 42.8 Å². The number of anilines is 1. The summed E-state index contributed by atoms with van der Waals surface area (Å²) in [6, 6.07) is 10.0. The Morgan fingerprint density at radius 2 is 1.90 bits per heavy atom. The molecule has 2 aromatic carbocycles. The van der Waals surface area contributed by atoms with Crippen molar-refractivity contribution in [3.05, 3.63) is 92.7 Å². The number of benzene rings is 2. The third-order valence-electron chi connectivity index (χ3n) is 6.36. The number of carbonyl (C=O) groups is 1. The highest BCUT2D eigenvalue weighted by Crippen LogP contribution is 2.37. The average Bonchev–Trinajstić information content (AvgIpc) is 3.54. The minimum Gasteiger partial charge on any atom is -0.477 e. The number of carboxylic acids is 1. The van der Waals surface area contributed by atoms with Gasteiger partial charge in [-0.15, -0.1) is 11.3 Å². The molecule has 4 heterocycles. The summed E-state index contributed by atoms with van der Waals surface area (Å²) in [6.45, 7) is 1.69. The first-order chi connectivity index (χ1) is 18.7. The van der Waals surface area contributed by atoms with Crippen molar-refractivity contribution in [3.63, 3.8) is 0 Å². The molecule has 0 aliphatic carbocycles. The third-order valence-corrected chi connectivity index (χ3v) is 7.28. The van der Waals surface area contributed by atoms with Gasteiger partial charge in [0.2, 0.25) is 5.43 Å². The van der Waals surface area contributed by atoms with Crippen molar-refractivity contribution in [2.75, 3.05) is 5.73 Å². The molecule has 9 nitrogen and oxygen atoms in total.